The van der Waals surface area contributed by atoms with E-state index in [-0.39, 0.29) is 40.5 Å². The number of nitrogen functional groups attached to an aromatic ring is 2. The summed E-state index contributed by atoms with van der Waals surface area (Å²) in [7, 11) is 5.71. The Morgan fingerprint density at radius 3 is 1.95 bits per heavy atom. The summed E-state index contributed by atoms with van der Waals surface area (Å²) in [6.07, 6.45) is 7.02. The van der Waals surface area contributed by atoms with Gasteiger partial charge in [-0.3, -0.25) is 4.79 Å². The molecule has 0 spiro atoms. The number of aryl methyl sites for hydroxylation is 2. The first-order chi connectivity index (χ1) is 19.7. The summed E-state index contributed by atoms with van der Waals surface area (Å²) in [4.78, 5) is 21.3. The van der Waals surface area contributed by atoms with Crippen molar-refractivity contribution in [2.75, 3.05) is 45.8 Å². The van der Waals surface area contributed by atoms with Crippen LogP contribution < -0.4 is 26.3 Å². The third-order valence-corrected chi connectivity index (χ3v) is 8.58. The fourth-order valence-corrected chi connectivity index (χ4v) is 6.14. The van der Waals surface area contributed by atoms with Crippen LogP contribution in [0.1, 0.15) is 53.7 Å². The van der Waals surface area contributed by atoms with Gasteiger partial charge < -0.3 is 30.7 Å². The van der Waals surface area contributed by atoms with Gasteiger partial charge in [-0.2, -0.15) is 0 Å². The molecule has 0 aliphatic heterocycles. The first-order valence-corrected chi connectivity index (χ1v) is 14.6. The number of carbonyl (C=O) groups is 1. The molecule has 220 valence electrons. The Morgan fingerprint density at radius 1 is 0.902 bits per heavy atom. The number of aromatic nitrogens is 2. The first-order valence-electron chi connectivity index (χ1n) is 14.2. The van der Waals surface area contributed by atoms with E-state index >= 15 is 0 Å². The molecule has 3 aromatic rings. The average Bonchev–Trinajstić information content (AvgIpc) is 3.44. The van der Waals surface area contributed by atoms with Gasteiger partial charge in [-0.15, -0.1) is 0 Å². The Morgan fingerprint density at radius 2 is 1.44 bits per heavy atom. The zero-order valence-electron chi connectivity index (χ0n) is 24.2. The number of nitrogens with two attached hydrogens (primary N) is 2. The van der Waals surface area contributed by atoms with E-state index in [1.54, 1.807) is 14.2 Å². The maximum Gasteiger partial charge on any atom is 0.274 e. The lowest BCUT2D eigenvalue weighted by molar-refractivity contribution is -0.934. The largest absolute Gasteiger partial charge is 0.497 e. The Labute approximate surface area is 247 Å². The highest BCUT2D eigenvalue weighted by Gasteiger charge is 2.42. The summed E-state index contributed by atoms with van der Waals surface area (Å²) in [5.41, 5.74) is 14.3. The van der Waals surface area contributed by atoms with Gasteiger partial charge in [-0.1, -0.05) is 35.9 Å². The molecular weight excluding hydrogens is 540 g/mol. The number of carbonyl (C=O) groups excluding carboxylic acids is 1. The van der Waals surface area contributed by atoms with E-state index < -0.39 is 0 Å². The highest BCUT2D eigenvalue weighted by Crippen LogP contribution is 2.31. The van der Waals surface area contributed by atoms with Crippen LogP contribution in [0.5, 0.6) is 11.5 Å². The van der Waals surface area contributed by atoms with Crippen LogP contribution in [0.15, 0.2) is 48.5 Å². The van der Waals surface area contributed by atoms with Crippen LogP contribution in [0, 0.1) is 0 Å². The molecule has 0 saturated heterocycles. The van der Waals surface area contributed by atoms with Gasteiger partial charge in [0.1, 0.15) is 17.5 Å². The SMILES string of the molecule is COc1ccc(CCC[N+](C)(CCCc2ccc(OC)cc2)C2CCCC2NC(=O)c2nc(Cl)c(N)nc2N)cc1. The molecule has 2 unspecified atom stereocenters. The molecule has 0 radical (unpaired) electrons. The molecule has 1 aliphatic carbocycles. The lowest BCUT2D eigenvalue weighted by atomic mass is 10.0. The predicted octanol–water partition coefficient (Wildman–Crippen LogP) is 4.67. The molecule has 4 rings (SSSR count). The van der Waals surface area contributed by atoms with Crippen molar-refractivity contribution in [2.45, 2.75) is 57.0 Å². The van der Waals surface area contributed by atoms with E-state index in [0.29, 0.717) is 0 Å². The van der Waals surface area contributed by atoms with Crippen molar-refractivity contribution in [3.8, 4) is 11.5 Å². The van der Waals surface area contributed by atoms with Gasteiger partial charge in [-0.25, -0.2) is 9.97 Å². The molecular formula is C31H42ClN6O3+. The molecule has 1 aromatic heterocycles. The lowest BCUT2D eigenvalue weighted by Gasteiger charge is -2.43. The number of benzene rings is 2. The molecule has 0 bridgehead atoms. The second-order valence-electron chi connectivity index (χ2n) is 11.0. The Balaban J connectivity index is 1.47. The van der Waals surface area contributed by atoms with Gasteiger partial charge >= 0.3 is 0 Å². The Hall–Kier alpha value is -3.56. The van der Waals surface area contributed by atoms with E-state index in [0.717, 1.165) is 74.0 Å². The van der Waals surface area contributed by atoms with Crippen molar-refractivity contribution in [3.63, 3.8) is 0 Å². The Bertz CT molecular complexity index is 1250. The van der Waals surface area contributed by atoms with Crippen LogP contribution in [-0.2, 0) is 12.8 Å². The third kappa shape index (κ3) is 7.80. The lowest BCUT2D eigenvalue weighted by Crippen LogP contribution is -2.60. The number of nitrogens with zero attached hydrogens (tertiary/aromatic N) is 3. The molecule has 1 aliphatic rings. The fraction of sp³-hybridized carbons (Fsp3) is 0.452. The minimum Gasteiger partial charge on any atom is -0.497 e. The summed E-state index contributed by atoms with van der Waals surface area (Å²) in [6.45, 7) is 2.00. The topological polar surface area (TPSA) is 125 Å². The number of likely N-dealkylation sites (N-methyl/N-ethyl adjacent to an activating group) is 1. The summed E-state index contributed by atoms with van der Waals surface area (Å²) < 4.78 is 11.5. The normalized spacial score (nSPS) is 16.9. The quantitative estimate of drug-likeness (QED) is 0.250. The molecule has 1 fully saturated rings. The third-order valence-electron chi connectivity index (χ3n) is 8.30. The number of hydrogen-bond acceptors (Lipinski definition) is 7. The van der Waals surface area contributed by atoms with E-state index in [1.807, 2.05) is 24.3 Å². The monoisotopic (exact) mass is 581 g/mol. The minimum absolute atomic E-state index is 0.00741. The van der Waals surface area contributed by atoms with Crippen LogP contribution in [0.25, 0.3) is 0 Å². The van der Waals surface area contributed by atoms with Crippen molar-refractivity contribution in [1.29, 1.82) is 0 Å². The van der Waals surface area contributed by atoms with Gasteiger partial charge in [0.2, 0.25) is 0 Å². The van der Waals surface area contributed by atoms with Crippen molar-refractivity contribution < 1.29 is 18.8 Å². The van der Waals surface area contributed by atoms with Crippen LogP contribution in [0.4, 0.5) is 11.6 Å². The maximum atomic E-state index is 13.2. The van der Waals surface area contributed by atoms with Crippen LogP contribution >= 0.6 is 11.6 Å². The van der Waals surface area contributed by atoms with Gasteiger partial charge in [0.25, 0.3) is 5.91 Å². The summed E-state index contributed by atoms with van der Waals surface area (Å²) >= 11 is 6.05. The number of anilines is 2. The van der Waals surface area contributed by atoms with Gasteiger partial charge in [-0.05, 0) is 61.1 Å². The van der Waals surface area contributed by atoms with Crippen molar-refractivity contribution in [2.24, 2.45) is 0 Å². The zero-order chi connectivity index (χ0) is 29.4. The van der Waals surface area contributed by atoms with Crippen molar-refractivity contribution in [1.82, 2.24) is 15.3 Å². The van der Waals surface area contributed by atoms with Crippen LogP contribution in [0.3, 0.4) is 0 Å². The number of amides is 1. The molecule has 41 heavy (non-hydrogen) atoms. The van der Waals surface area contributed by atoms with Crippen LogP contribution in [0.2, 0.25) is 5.15 Å². The number of halogens is 1. The number of rotatable bonds is 13. The number of ether oxygens (including phenoxy) is 2. The zero-order valence-corrected chi connectivity index (χ0v) is 25.0. The summed E-state index contributed by atoms with van der Waals surface area (Å²) in [6, 6.07) is 16.8. The summed E-state index contributed by atoms with van der Waals surface area (Å²) in [5, 5.41) is 3.19. The molecule has 2 atom stereocenters. The average molecular weight is 582 g/mol. The molecule has 9 nitrogen and oxygen atoms in total. The second-order valence-corrected chi connectivity index (χ2v) is 11.4. The van der Waals surface area contributed by atoms with Gasteiger partial charge in [0.05, 0.1) is 40.4 Å². The molecule has 2 aromatic carbocycles. The number of methoxy groups -OCH3 is 2. The van der Waals surface area contributed by atoms with Crippen molar-refractivity contribution >= 4 is 29.1 Å². The molecule has 1 heterocycles. The smallest absolute Gasteiger partial charge is 0.274 e. The fourth-order valence-electron chi connectivity index (χ4n) is 6.02. The van der Waals surface area contributed by atoms with Crippen LogP contribution in [-0.4, -0.2) is 66.8 Å². The molecule has 5 N–H and O–H groups in total. The predicted molar refractivity (Wildman–Crippen MR) is 163 cm³/mol. The van der Waals surface area contributed by atoms with Gasteiger partial charge in [0.15, 0.2) is 22.5 Å². The van der Waals surface area contributed by atoms with Gasteiger partial charge in [0, 0.05) is 19.3 Å². The van der Waals surface area contributed by atoms with E-state index in [4.69, 9.17) is 32.5 Å². The number of hydrogen-bond donors (Lipinski definition) is 3. The summed E-state index contributed by atoms with van der Waals surface area (Å²) in [5.74, 6) is 1.36. The first kappa shape index (κ1) is 30.4. The minimum atomic E-state index is -0.364. The Kier molecular flexibility index (Phi) is 10.3. The molecule has 10 heteroatoms. The number of quaternary nitrogens is 1. The maximum absolute atomic E-state index is 13.2. The number of nitrogens with one attached hydrogen (secondary N) is 1. The van der Waals surface area contributed by atoms with Crippen molar-refractivity contribution in [3.05, 3.63) is 70.5 Å². The highest BCUT2D eigenvalue weighted by atomic mass is 35.5. The standard InChI is InChI=1S/C31H41ClN6O3/c1-38(19-5-7-21-11-15-23(40-2)16-12-21,20-6-8-22-13-17-24(41-3)18-14-22)26-10-4-9-25(26)35-31(39)27-29(33)37-30(34)28(32)36-27/h11-18,25-26H,4-10,19-20H2,1-3H3,(H4-,33,34,35,37,39)/p+1. The van der Waals surface area contributed by atoms with E-state index in [1.165, 1.54) is 11.1 Å². The molecule has 1 saturated carbocycles. The molecule has 1 amide bonds. The highest BCUT2D eigenvalue weighted by molar-refractivity contribution is 6.31. The van der Waals surface area contributed by atoms with E-state index in [9.17, 15) is 4.79 Å². The van der Waals surface area contributed by atoms with E-state index in [2.05, 4.69) is 46.6 Å². The second kappa shape index (κ2) is 13.9.